The minimum absolute atomic E-state index is 0.243. The van der Waals surface area contributed by atoms with Gasteiger partial charge in [0.2, 0.25) is 5.91 Å². The van der Waals surface area contributed by atoms with Gasteiger partial charge in [-0.3, -0.25) is 19.2 Å². The summed E-state index contributed by atoms with van der Waals surface area (Å²) in [5.74, 6) is -2.24. The van der Waals surface area contributed by atoms with Gasteiger partial charge in [-0.2, -0.15) is 0 Å². The van der Waals surface area contributed by atoms with E-state index in [1.165, 1.54) is 27.7 Å². The molecule has 0 bridgehead atoms. The highest BCUT2D eigenvalue weighted by atomic mass is 16.7. The van der Waals surface area contributed by atoms with E-state index in [0.717, 1.165) is 19.3 Å². The van der Waals surface area contributed by atoms with Gasteiger partial charge in [-0.05, 0) is 6.42 Å². The Hall–Kier alpha value is -2.20. The van der Waals surface area contributed by atoms with Crippen molar-refractivity contribution < 1.29 is 42.9 Å². The Bertz CT molecular complexity index is 580. The first kappa shape index (κ1) is 24.8. The second kappa shape index (κ2) is 12.4. The maximum Gasteiger partial charge on any atom is 0.303 e. The van der Waals surface area contributed by atoms with Crippen LogP contribution in [0.1, 0.15) is 53.9 Å². The molecule has 5 atom stereocenters. The molecule has 1 amide bonds. The van der Waals surface area contributed by atoms with E-state index in [-0.39, 0.29) is 6.61 Å². The summed E-state index contributed by atoms with van der Waals surface area (Å²) in [7, 11) is 0. The standard InChI is InChI=1S/C19H31NO9/c1-6-7-8-9-25-19-16(20-11(2)21)18(28-14(5)24)17(27-13(4)23)15(29-19)10-26-12(3)22/h15-19H,6-10H2,1-5H3,(H,20,21)/t15-,16+,17+,18-,19-/m1/s1. The van der Waals surface area contributed by atoms with Gasteiger partial charge in [0.1, 0.15) is 18.8 Å². The zero-order chi connectivity index (χ0) is 22.0. The molecule has 10 heteroatoms. The second-order valence-corrected chi connectivity index (χ2v) is 6.80. The monoisotopic (exact) mass is 417 g/mol. The fraction of sp³-hybridized carbons (Fsp3) is 0.789. The zero-order valence-corrected chi connectivity index (χ0v) is 17.6. The average Bonchev–Trinajstić information content (AvgIpc) is 2.60. The van der Waals surface area contributed by atoms with Gasteiger partial charge in [0.15, 0.2) is 18.5 Å². The Balaban J connectivity index is 3.17. The summed E-state index contributed by atoms with van der Waals surface area (Å²) in [4.78, 5) is 46.3. The van der Waals surface area contributed by atoms with E-state index in [2.05, 4.69) is 5.32 Å². The van der Waals surface area contributed by atoms with Crippen molar-refractivity contribution in [3.8, 4) is 0 Å². The summed E-state index contributed by atoms with van der Waals surface area (Å²) in [5, 5.41) is 2.65. The van der Waals surface area contributed by atoms with Crippen molar-refractivity contribution in [3.05, 3.63) is 0 Å². The molecule has 166 valence electrons. The molecule has 1 heterocycles. The lowest BCUT2D eigenvalue weighted by Gasteiger charge is -2.44. The molecular formula is C19H31NO9. The molecular weight excluding hydrogens is 386 g/mol. The summed E-state index contributed by atoms with van der Waals surface area (Å²) in [6.45, 7) is 7.06. The third-order valence-electron chi connectivity index (χ3n) is 4.10. The summed E-state index contributed by atoms with van der Waals surface area (Å²) >= 11 is 0. The van der Waals surface area contributed by atoms with Crippen molar-refractivity contribution in [1.82, 2.24) is 5.32 Å². The number of rotatable bonds is 10. The van der Waals surface area contributed by atoms with Crippen LogP contribution in [0.25, 0.3) is 0 Å². The van der Waals surface area contributed by atoms with Crippen molar-refractivity contribution in [2.24, 2.45) is 0 Å². The summed E-state index contributed by atoms with van der Waals surface area (Å²) in [6.07, 6.45) is -1.44. The van der Waals surface area contributed by atoms with Gasteiger partial charge in [-0.1, -0.05) is 19.8 Å². The number of amides is 1. The smallest absolute Gasteiger partial charge is 0.303 e. The molecule has 1 aliphatic rings. The van der Waals surface area contributed by atoms with Crippen LogP contribution in [0.2, 0.25) is 0 Å². The van der Waals surface area contributed by atoms with Gasteiger partial charge in [-0.25, -0.2) is 0 Å². The lowest BCUT2D eigenvalue weighted by atomic mass is 9.96. The van der Waals surface area contributed by atoms with Crippen molar-refractivity contribution >= 4 is 23.8 Å². The normalized spacial score (nSPS) is 26.3. The summed E-state index contributed by atoms with van der Waals surface area (Å²) in [6, 6.07) is -0.920. The van der Waals surface area contributed by atoms with Crippen LogP contribution < -0.4 is 5.32 Å². The lowest BCUT2D eigenvalue weighted by molar-refractivity contribution is -0.277. The molecule has 0 spiro atoms. The molecule has 0 radical (unpaired) electrons. The minimum Gasteiger partial charge on any atom is -0.463 e. The van der Waals surface area contributed by atoms with E-state index in [4.69, 9.17) is 23.7 Å². The largest absolute Gasteiger partial charge is 0.463 e. The summed E-state index contributed by atoms with van der Waals surface area (Å²) < 4.78 is 27.4. The van der Waals surface area contributed by atoms with Crippen molar-refractivity contribution in [2.45, 2.75) is 84.5 Å². The van der Waals surface area contributed by atoms with E-state index in [0.29, 0.717) is 6.61 Å². The number of hydrogen-bond donors (Lipinski definition) is 1. The van der Waals surface area contributed by atoms with Gasteiger partial charge >= 0.3 is 17.9 Å². The molecule has 0 unspecified atom stereocenters. The highest BCUT2D eigenvalue weighted by molar-refractivity contribution is 5.73. The molecule has 0 aliphatic carbocycles. The number of hydrogen-bond acceptors (Lipinski definition) is 9. The third kappa shape index (κ3) is 8.78. The van der Waals surface area contributed by atoms with Crippen LogP contribution in [0.15, 0.2) is 0 Å². The molecule has 1 saturated heterocycles. The van der Waals surface area contributed by atoms with E-state index in [1.54, 1.807) is 0 Å². The van der Waals surface area contributed by atoms with Gasteiger partial charge in [0, 0.05) is 34.3 Å². The highest BCUT2D eigenvalue weighted by Crippen LogP contribution is 2.28. The third-order valence-corrected chi connectivity index (χ3v) is 4.10. The number of esters is 3. The van der Waals surface area contributed by atoms with Gasteiger partial charge in [-0.15, -0.1) is 0 Å². The number of unbranched alkanes of at least 4 members (excludes halogenated alkanes) is 2. The predicted octanol–water partition coefficient (Wildman–Crippen LogP) is 0.849. The van der Waals surface area contributed by atoms with Crippen LogP contribution in [-0.4, -0.2) is 67.7 Å². The van der Waals surface area contributed by atoms with E-state index in [9.17, 15) is 19.2 Å². The first-order valence-electron chi connectivity index (χ1n) is 9.67. The molecule has 0 aromatic rings. The van der Waals surface area contributed by atoms with Crippen LogP contribution >= 0.6 is 0 Å². The molecule has 1 aliphatic heterocycles. The van der Waals surface area contributed by atoms with Crippen molar-refractivity contribution in [1.29, 1.82) is 0 Å². The zero-order valence-electron chi connectivity index (χ0n) is 17.6. The second-order valence-electron chi connectivity index (χ2n) is 6.80. The summed E-state index contributed by atoms with van der Waals surface area (Å²) in [5.41, 5.74) is 0. The molecule has 0 aromatic carbocycles. The highest BCUT2D eigenvalue weighted by Gasteiger charge is 2.51. The number of ether oxygens (including phenoxy) is 5. The predicted molar refractivity (Wildman–Crippen MR) is 99.5 cm³/mol. The Kier molecular flexibility index (Phi) is 10.6. The van der Waals surface area contributed by atoms with Gasteiger partial charge in [0.25, 0.3) is 0 Å². The topological polar surface area (TPSA) is 126 Å². The number of carbonyl (C=O) groups excluding carboxylic acids is 4. The van der Waals surface area contributed by atoms with Crippen LogP contribution in [0.5, 0.6) is 0 Å². The van der Waals surface area contributed by atoms with Crippen LogP contribution in [-0.2, 0) is 42.9 Å². The Morgan fingerprint density at radius 2 is 1.52 bits per heavy atom. The quantitative estimate of drug-likeness (QED) is 0.313. The van der Waals surface area contributed by atoms with Crippen molar-refractivity contribution in [2.75, 3.05) is 13.2 Å². The number of nitrogens with one attached hydrogen (secondary N) is 1. The number of carbonyl (C=O) groups is 4. The van der Waals surface area contributed by atoms with Crippen LogP contribution in [0.3, 0.4) is 0 Å². The van der Waals surface area contributed by atoms with Gasteiger partial charge in [0.05, 0.1) is 0 Å². The Morgan fingerprint density at radius 1 is 0.897 bits per heavy atom. The fourth-order valence-corrected chi connectivity index (χ4v) is 2.98. The fourth-order valence-electron chi connectivity index (χ4n) is 2.98. The molecule has 29 heavy (non-hydrogen) atoms. The Labute approximate surface area is 170 Å². The van der Waals surface area contributed by atoms with E-state index < -0.39 is 54.5 Å². The van der Waals surface area contributed by atoms with E-state index >= 15 is 0 Å². The molecule has 1 N–H and O–H groups in total. The first-order valence-corrected chi connectivity index (χ1v) is 9.67. The SMILES string of the molecule is CCCCCO[C@@H]1O[C@H](COC(C)=O)[C@H](OC(C)=O)[C@H](OC(C)=O)[C@@H]1NC(C)=O. The molecule has 1 fully saturated rings. The maximum absolute atomic E-state index is 11.8. The molecule has 0 saturated carbocycles. The van der Waals surface area contributed by atoms with E-state index in [1.807, 2.05) is 6.92 Å². The molecule has 1 rings (SSSR count). The minimum atomic E-state index is -1.11. The van der Waals surface area contributed by atoms with Crippen molar-refractivity contribution in [3.63, 3.8) is 0 Å². The average molecular weight is 417 g/mol. The molecule has 0 aromatic heterocycles. The van der Waals surface area contributed by atoms with Crippen LogP contribution in [0, 0.1) is 0 Å². The molecule has 10 nitrogen and oxygen atoms in total. The lowest BCUT2D eigenvalue weighted by Crippen LogP contribution is -2.66. The first-order chi connectivity index (χ1) is 13.6. The maximum atomic E-state index is 11.8. The van der Waals surface area contributed by atoms with Gasteiger partial charge < -0.3 is 29.0 Å². The Morgan fingerprint density at radius 3 is 2.03 bits per heavy atom. The van der Waals surface area contributed by atoms with Crippen LogP contribution in [0.4, 0.5) is 0 Å².